The fourth-order valence-corrected chi connectivity index (χ4v) is 2.18. The second-order valence-electron chi connectivity index (χ2n) is 5.34. The minimum absolute atomic E-state index is 0.203. The summed E-state index contributed by atoms with van der Waals surface area (Å²) in [6, 6.07) is 6.55. The van der Waals surface area contributed by atoms with Gasteiger partial charge >= 0.3 is 0 Å². The molecule has 0 fully saturated rings. The molecule has 0 spiro atoms. The normalized spacial score (nSPS) is 10.4. The van der Waals surface area contributed by atoms with Crippen molar-refractivity contribution in [3.05, 3.63) is 52.1 Å². The molecule has 7 nitrogen and oxygen atoms in total. The number of nitrogens with zero attached hydrogens (tertiary/aromatic N) is 4. The number of rotatable bonds is 6. The van der Waals surface area contributed by atoms with Crippen LogP contribution >= 0.6 is 0 Å². The van der Waals surface area contributed by atoms with Gasteiger partial charge in [-0.2, -0.15) is 5.10 Å². The van der Waals surface area contributed by atoms with Crippen molar-refractivity contribution in [2.45, 2.75) is 26.4 Å². The van der Waals surface area contributed by atoms with Crippen molar-refractivity contribution < 1.29 is 4.79 Å². The smallest absolute Gasteiger partial charge is 0.271 e. The molecule has 2 aromatic heterocycles. The first-order valence-electron chi connectivity index (χ1n) is 7.50. The van der Waals surface area contributed by atoms with Crippen LogP contribution in [0.5, 0.6) is 0 Å². The van der Waals surface area contributed by atoms with Gasteiger partial charge in [-0.05, 0) is 18.6 Å². The molecule has 0 atom stereocenters. The molecule has 7 heteroatoms. The second-order valence-corrected chi connectivity index (χ2v) is 5.34. The lowest BCUT2D eigenvalue weighted by molar-refractivity contribution is 0.0943. The van der Waals surface area contributed by atoms with E-state index in [0.717, 1.165) is 17.8 Å². The number of hydrogen-bond donors (Lipinski definition) is 1. The fourth-order valence-electron chi connectivity index (χ4n) is 2.18. The highest BCUT2D eigenvalue weighted by molar-refractivity contribution is 5.92. The molecular formula is C16H21N5O2. The van der Waals surface area contributed by atoms with Crippen LogP contribution in [0.4, 0.5) is 5.82 Å². The molecule has 0 bridgehead atoms. The molecular weight excluding hydrogens is 294 g/mol. The summed E-state index contributed by atoms with van der Waals surface area (Å²) in [5.74, 6) is 0.486. The van der Waals surface area contributed by atoms with Gasteiger partial charge < -0.3 is 10.2 Å². The third-order valence-electron chi connectivity index (χ3n) is 3.27. The Kier molecular flexibility index (Phi) is 5.46. The number of pyridine rings is 1. The SMILES string of the molecule is CCCn1nc(C(=O)NCc2cccnc2N(C)C)ccc1=O. The van der Waals surface area contributed by atoms with Crippen LogP contribution < -0.4 is 15.8 Å². The van der Waals surface area contributed by atoms with Crippen LogP contribution in [0.15, 0.2) is 35.3 Å². The van der Waals surface area contributed by atoms with Crippen molar-refractivity contribution in [1.82, 2.24) is 20.1 Å². The lowest BCUT2D eigenvalue weighted by atomic mass is 10.2. The molecule has 0 saturated carbocycles. The number of aryl methyl sites for hydroxylation is 1. The van der Waals surface area contributed by atoms with Crippen molar-refractivity contribution in [2.24, 2.45) is 0 Å². The largest absolute Gasteiger partial charge is 0.362 e. The summed E-state index contributed by atoms with van der Waals surface area (Å²) in [4.78, 5) is 30.1. The van der Waals surface area contributed by atoms with Gasteiger partial charge in [0.2, 0.25) is 0 Å². The topological polar surface area (TPSA) is 80.1 Å². The molecule has 0 aliphatic carbocycles. The van der Waals surface area contributed by atoms with Gasteiger partial charge in [0.25, 0.3) is 11.5 Å². The lowest BCUT2D eigenvalue weighted by Crippen LogP contribution is -2.29. The van der Waals surface area contributed by atoms with Gasteiger partial charge in [-0.25, -0.2) is 9.67 Å². The Balaban J connectivity index is 2.11. The highest BCUT2D eigenvalue weighted by Gasteiger charge is 2.11. The summed E-state index contributed by atoms with van der Waals surface area (Å²) < 4.78 is 1.31. The fraction of sp³-hybridized carbons (Fsp3) is 0.375. The summed E-state index contributed by atoms with van der Waals surface area (Å²) in [6.07, 6.45) is 2.49. The van der Waals surface area contributed by atoms with Crippen LogP contribution in [0.25, 0.3) is 0 Å². The number of nitrogens with one attached hydrogen (secondary N) is 1. The maximum absolute atomic E-state index is 12.2. The van der Waals surface area contributed by atoms with E-state index >= 15 is 0 Å². The molecule has 0 aliphatic heterocycles. The zero-order valence-electron chi connectivity index (χ0n) is 13.6. The summed E-state index contributed by atoms with van der Waals surface area (Å²) in [5.41, 5.74) is 0.937. The van der Waals surface area contributed by atoms with Crippen molar-refractivity contribution in [2.75, 3.05) is 19.0 Å². The Morgan fingerprint density at radius 3 is 2.78 bits per heavy atom. The first-order valence-corrected chi connectivity index (χ1v) is 7.50. The Bertz CT molecular complexity index is 739. The number of carbonyl (C=O) groups excluding carboxylic acids is 1. The van der Waals surface area contributed by atoms with Gasteiger partial charge in [0.15, 0.2) is 0 Å². The van der Waals surface area contributed by atoms with Gasteiger partial charge in [-0.15, -0.1) is 0 Å². The molecule has 0 radical (unpaired) electrons. The zero-order chi connectivity index (χ0) is 16.8. The third kappa shape index (κ3) is 4.15. The minimum atomic E-state index is -0.316. The molecule has 0 aromatic carbocycles. The van der Waals surface area contributed by atoms with Crippen LogP contribution in [0.1, 0.15) is 29.4 Å². The van der Waals surface area contributed by atoms with Crippen molar-refractivity contribution in [3.8, 4) is 0 Å². The number of aromatic nitrogens is 3. The maximum Gasteiger partial charge on any atom is 0.271 e. The van der Waals surface area contributed by atoms with Gasteiger partial charge in [0, 0.05) is 45.0 Å². The highest BCUT2D eigenvalue weighted by Crippen LogP contribution is 2.13. The molecule has 0 saturated heterocycles. The Labute approximate surface area is 135 Å². The molecule has 2 aromatic rings. The van der Waals surface area contributed by atoms with E-state index in [4.69, 9.17) is 0 Å². The van der Waals surface area contributed by atoms with E-state index in [2.05, 4.69) is 15.4 Å². The van der Waals surface area contributed by atoms with Crippen molar-refractivity contribution >= 4 is 11.7 Å². The van der Waals surface area contributed by atoms with Crippen LogP contribution in [0.2, 0.25) is 0 Å². The number of carbonyl (C=O) groups is 1. The van der Waals surface area contributed by atoms with E-state index in [0.29, 0.717) is 13.1 Å². The molecule has 0 aliphatic rings. The maximum atomic E-state index is 12.2. The quantitative estimate of drug-likeness (QED) is 0.861. The van der Waals surface area contributed by atoms with Gasteiger partial charge in [0.1, 0.15) is 11.5 Å². The number of hydrogen-bond acceptors (Lipinski definition) is 5. The predicted molar refractivity (Wildman–Crippen MR) is 88.5 cm³/mol. The molecule has 23 heavy (non-hydrogen) atoms. The monoisotopic (exact) mass is 315 g/mol. The van der Waals surface area contributed by atoms with Crippen molar-refractivity contribution in [1.29, 1.82) is 0 Å². The predicted octanol–water partition coefficient (Wildman–Crippen LogP) is 1.04. The number of amides is 1. The average Bonchev–Trinajstić information content (AvgIpc) is 2.55. The summed E-state index contributed by atoms with van der Waals surface area (Å²) in [7, 11) is 3.80. The molecule has 1 N–H and O–H groups in total. The first kappa shape index (κ1) is 16.7. The summed E-state index contributed by atoms with van der Waals surface area (Å²) in [5, 5.41) is 6.91. The molecule has 1 amide bonds. The first-order chi connectivity index (χ1) is 11.0. The van der Waals surface area contributed by atoms with E-state index < -0.39 is 0 Å². The minimum Gasteiger partial charge on any atom is -0.362 e. The molecule has 122 valence electrons. The summed E-state index contributed by atoms with van der Waals surface area (Å²) >= 11 is 0. The van der Waals surface area contributed by atoms with Gasteiger partial charge in [0.05, 0.1) is 0 Å². The summed E-state index contributed by atoms with van der Waals surface area (Å²) in [6.45, 7) is 2.79. The van der Waals surface area contributed by atoms with Crippen LogP contribution in [0.3, 0.4) is 0 Å². The number of anilines is 1. The molecule has 2 heterocycles. The van der Waals surface area contributed by atoms with E-state index in [9.17, 15) is 9.59 Å². The lowest BCUT2D eigenvalue weighted by Gasteiger charge is -2.16. The van der Waals surface area contributed by atoms with E-state index in [1.165, 1.54) is 16.8 Å². The van der Waals surface area contributed by atoms with Gasteiger partial charge in [-0.3, -0.25) is 9.59 Å². The van der Waals surface area contributed by atoms with Crippen LogP contribution in [-0.4, -0.2) is 34.8 Å². The average molecular weight is 315 g/mol. The zero-order valence-corrected chi connectivity index (χ0v) is 13.6. The van der Waals surface area contributed by atoms with E-state index in [1.807, 2.05) is 38.1 Å². The standard InChI is InChI=1S/C16H21N5O2/c1-4-10-21-14(22)8-7-13(19-21)16(23)18-11-12-6-5-9-17-15(12)20(2)3/h5-9H,4,10-11H2,1-3H3,(H,18,23). The molecule has 0 unspecified atom stereocenters. The molecule has 2 rings (SSSR count). The Hall–Kier alpha value is -2.70. The Morgan fingerprint density at radius 1 is 1.30 bits per heavy atom. The Morgan fingerprint density at radius 2 is 2.09 bits per heavy atom. The highest BCUT2D eigenvalue weighted by atomic mass is 16.2. The van der Waals surface area contributed by atoms with Crippen LogP contribution in [0, 0.1) is 0 Å². The second kappa shape index (κ2) is 7.53. The van der Waals surface area contributed by atoms with E-state index in [1.54, 1.807) is 6.20 Å². The third-order valence-corrected chi connectivity index (χ3v) is 3.27. The van der Waals surface area contributed by atoms with Gasteiger partial charge in [-0.1, -0.05) is 13.0 Å². The van der Waals surface area contributed by atoms with Crippen molar-refractivity contribution in [3.63, 3.8) is 0 Å². The van der Waals surface area contributed by atoms with Crippen LogP contribution in [-0.2, 0) is 13.1 Å². The van der Waals surface area contributed by atoms with E-state index in [-0.39, 0.29) is 17.2 Å².